The van der Waals surface area contributed by atoms with Gasteiger partial charge in [-0.25, -0.2) is 4.79 Å². The van der Waals surface area contributed by atoms with Crippen molar-refractivity contribution >= 4 is 5.97 Å². The summed E-state index contributed by atoms with van der Waals surface area (Å²) in [6, 6.07) is 0. The lowest BCUT2D eigenvalue weighted by Crippen LogP contribution is -2.51. The summed E-state index contributed by atoms with van der Waals surface area (Å²) in [5.74, 6) is 0.606. The average Bonchev–Trinajstić information content (AvgIpc) is 2.92. The molecule has 140 valence electrons. The van der Waals surface area contributed by atoms with Crippen molar-refractivity contribution in [3.05, 3.63) is 11.6 Å². The Morgan fingerprint density at radius 3 is 2.64 bits per heavy atom. The average molecular weight is 348 g/mol. The van der Waals surface area contributed by atoms with E-state index in [1.807, 2.05) is 0 Å². The Balaban J connectivity index is 1.63. The maximum absolute atomic E-state index is 11.4. The van der Waals surface area contributed by atoms with Crippen LogP contribution in [-0.2, 0) is 4.79 Å². The minimum Gasteiger partial charge on any atom is -0.479 e. The largest absolute Gasteiger partial charge is 0.479 e. The number of hydrogen-bond donors (Lipinski definition) is 3. The summed E-state index contributed by atoms with van der Waals surface area (Å²) in [6.07, 6.45) is 8.93. The predicted octanol–water partition coefficient (Wildman–Crippen LogP) is 3.37. The van der Waals surface area contributed by atoms with Gasteiger partial charge in [0.1, 0.15) is 0 Å². The molecule has 3 fully saturated rings. The molecule has 4 nitrogen and oxygen atoms in total. The molecule has 25 heavy (non-hydrogen) atoms. The van der Waals surface area contributed by atoms with E-state index in [1.54, 1.807) is 0 Å². The van der Waals surface area contributed by atoms with Crippen molar-refractivity contribution in [1.82, 2.24) is 0 Å². The number of hydrogen-bond acceptors (Lipinski definition) is 3. The third-order valence-corrected chi connectivity index (χ3v) is 8.79. The summed E-state index contributed by atoms with van der Waals surface area (Å²) in [5, 5.41) is 29.6. The molecule has 4 aliphatic rings. The molecule has 0 unspecified atom stereocenters. The van der Waals surface area contributed by atoms with E-state index in [1.165, 1.54) is 5.57 Å². The fourth-order valence-electron chi connectivity index (χ4n) is 7.37. The molecule has 4 rings (SSSR count). The van der Waals surface area contributed by atoms with Crippen LogP contribution in [0, 0.1) is 34.5 Å². The topological polar surface area (TPSA) is 77.8 Å². The summed E-state index contributed by atoms with van der Waals surface area (Å²) < 4.78 is 0. The van der Waals surface area contributed by atoms with Crippen LogP contribution >= 0.6 is 0 Å². The highest BCUT2D eigenvalue weighted by Gasteiger charge is 2.60. The molecule has 0 heterocycles. The minimum absolute atomic E-state index is 0.0468. The van der Waals surface area contributed by atoms with Crippen molar-refractivity contribution in [3.63, 3.8) is 0 Å². The molecule has 0 aromatic rings. The van der Waals surface area contributed by atoms with Crippen molar-refractivity contribution in [2.24, 2.45) is 34.5 Å². The summed E-state index contributed by atoms with van der Waals surface area (Å²) in [4.78, 5) is 11.4. The fourth-order valence-corrected chi connectivity index (χ4v) is 7.37. The molecule has 3 N–H and O–H groups in total. The highest BCUT2D eigenvalue weighted by Crippen LogP contribution is 2.66. The molecule has 0 aromatic heterocycles. The number of aliphatic carboxylic acids is 1. The summed E-state index contributed by atoms with van der Waals surface area (Å²) in [6.45, 7) is 4.65. The zero-order chi connectivity index (χ0) is 18.0. The first-order chi connectivity index (χ1) is 11.8. The van der Waals surface area contributed by atoms with Crippen LogP contribution in [0.2, 0.25) is 0 Å². The molecule has 0 radical (unpaired) electrons. The molecule has 0 saturated heterocycles. The Labute approximate surface area is 150 Å². The van der Waals surface area contributed by atoms with E-state index in [4.69, 9.17) is 0 Å². The van der Waals surface area contributed by atoms with Crippen molar-refractivity contribution in [1.29, 1.82) is 0 Å². The first-order valence-corrected chi connectivity index (χ1v) is 10.1. The quantitative estimate of drug-likeness (QED) is 0.669. The summed E-state index contributed by atoms with van der Waals surface area (Å²) in [5.41, 5.74) is 1.64. The molecular formula is C21H32O4. The van der Waals surface area contributed by atoms with E-state index in [9.17, 15) is 20.1 Å². The van der Waals surface area contributed by atoms with Gasteiger partial charge in [0.05, 0.1) is 6.10 Å². The van der Waals surface area contributed by atoms with Crippen LogP contribution in [0.25, 0.3) is 0 Å². The number of carbonyl (C=O) groups is 1. The molecule has 8 atom stereocenters. The number of fused-ring (bicyclic) bond motifs is 5. The van der Waals surface area contributed by atoms with Crippen molar-refractivity contribution in [2.45, 2.75) is 77.4 Å². The molecular weight excluding hydrogens is 316 g/mol. The van der Waals surface area contributed by atoms with E-state index in [2.05, 4.69) is 19.9 Å². The molecule has 0 bridgehead atoms. The number of rotatable bonds is 2. The zero-order valence-electron chi connectivity index (χ0n) is 15.4. The van der Waals surface area contributed by atoms with Crippen LogP contribution in [0.1, 0.15) is 65.2 Å². The van der Waals surface area contributed by atoms with Gasteiger partial charge in [-0.2, -0.15) is 0 Å². The number of carboxylic acids is 1. The molecule has 0 spiro atoms. The van der Waals surface area contributed by atoms with Gasteiger partial charge in [-0.05, 0) is 80.0 Å². The van der Waals surface area contributed by atoms with Gasteiger partial charge in [-0.15, -0.1) is 0 Å². The Morgan fingerprint density at radius 2 is 1.92 bits per heavy atom. The van der Waals surface area contributed by atoms with Gasteiger partial charge in [0.2, 0.25) is 0 Å². The lowest BCUT2D eigenvalue weighted by atomic mass is 9.47. The van der Waals surface area contributed by atoms with Gasteiger partial charge in [0.25, 0.3) is 0 Å². The maximum atomic E-state index is 11.4. The number of aliphatic hydroxyl groups is 2. The van der Waals surface area contributed by atoms with Gasteiger partial charge >= 0.3 is 5.97 Å². The van der Waals surface area contributed by atoms with Crippen LogP contribution in [0.5, 0.6) is 0 Å². The first-order valence-electron chi connectivity index (χ1n) is 10.1. The van der Waals surface area contributed by atoms with Gasteiger partial charge in [-0.1, -0.05) is 25.5 Å². The maximum Gasteiger partial charge on any atom is 0.332 e. The standard InChI is InChI=1S/C21H32O4/c1-20-9-7-13(22)11-12(20)3-4-14-15-5-6-17(18(23)19(24)25)21(15,2)10-8-16(14)20/h3,13-18,22-23H,4-11H2,1-2H3,(H,24,25)/t13-,14-,15-,16-,17+,18-,20-,21-/m0/s1. The number of allylic oxidation sites excluding steroid dienone is 1. The number of aliphatic hydroxyl groups excluding tert-OH is 2. The van der Waals surface area contributed by atoms with Crippen LogP contribution in [-0.4, -0.2) is 33.5 Å². The van der Waals surface area contributed by atoms with Gasteiger partial charge in [0, 0.05) is 5.92 Å². The zero-order valence-corrected chi connectivity index (χ0v) is 15.4. The fraction of sp³-hybridized carbons (Fsp3) is 0.857. The highest BCUT2D eigenvalue weighted by atomic mass is 16.4. The normalized spacial score (nSPS) is 50.2. The van der Waals surface area contributed by atoms with E-state index in [0.29, 0.717) is 17.8 Å². The lowest BCUT2D eigenvalue weighted by Gasteiger charge is -2.58. The Bertz CT molecular complexity index is 599. The monoisotopic (exact) mass is 348 g/mol. The highest BCUT2D eigenvalue weighted by molar-refractivity contribution is 5.72. The molecule has 0 amide bonds. The van der Waals surface area contributed by atoms with Crippen molar-refractivity contribution < 1.29 is 20.1 Å². The predicted molar refractivity (Wildman–Crippen MR) is 94.8 cm³/mol. The van der Waals surface area contributed by atoms with Crippen LogP contribution in [0.4, 0.5) is 0 Å². The van der Waals surface area contributed by atoms with Gasteiger partial charge in [-0.3, -0.25) is 0 Å². The molecule has 0 aromatic carbocycles. The van der Waals surface area contributed by atoms with Crippen LogP contribution in [0.3, 0.4) is 0 Å². The van der Waals surface area contributed by atoms with Gasteiger partial charge in [0.15, 0.2) is 6.10 Å². The van der Waals surface area contributed by atoms with E-state index < -0.39 is 12.1 Å². The number of carboxylic acid groups (broad SMARTS) is 1. The van der Waals surface area contributed by atoms with E-state index in [0.717, 1.165) is 51.4 Å². The minimum atomic E-state index is -1.22. The molecule has 3 saturated carbocycles. The molecule has 0 aliphatic heterocycles. The second-order valence-electron chi connectivity index (χ2n) is 9.67. The SMILES string of the molecule is C[C@]12CC[C@H]3[C@@H](CC=C4C[C@@H](O)CC[C@@]43C)[C@@H]1CC[C@@H]2[C@H](O)C(=O)O. The smallest absolute Gasteiger partial charge is 0.332 e. The van der Waals surface area contributed by atoms with Crippen LogP contribution < -0.4 is 0 Å². The van der Waals surface area contributed by atoms with Crippen molar-refractivity contribution in [3.8, 4) is 0 Å². The van der Waals surface area contributed by atoms with Crippen LogP contribution in [0.15, 0.2) is 11.6 Å². The first kappa shape index (κ1) is 17.5. The second-order valence-corrected chi connectivity index (χ2v) is 9.67. The van der Waals surface area contributed by atoms with E-state index >= 15 is 0 Å². The summed E-state index contributed by atoms with van der Waals surface area (Å²) in [7, 11) is 0. The third kappa shape index (κ3) is 2.43. The summed E-state index contributed by atoms with van der Waals surface area (Å²) >= 11 is 0. The van der Waals surface area contributed by atoms with E-state index in [-0.39, 0.29) is 22.9 Å². The molecule has 4 heteroatoms. The lowest BCUT2D eigenvalue weighted by molar-refractivity contribution is -0.154. The Kier molecular flexibility index (Phi) is 4.08. The van der Waals surface area contributed by atoms with Gasteiger partial charge < -0.3 is 15.3 Å². The molecule has 4 aliphatic carbocycles. The third-order valence-electron chi connectivity index (χ3n) is 8.79. The van der Waals surface area contributed by atoms with Crippen molar-refractivity contribution in [2.75, 3.05) is 0 Å². The second kappa shape index (κ2) is 5.82. The Morgan fingerprint density at radius 1 is 1.16 bits per heavy atom. The Hall–Kier alpha value is -0.870.